The first kappa shape index (κ1) is 63.3. The lowest BCUT2D eigenvalue weighted by atomic mass is 9.84. The van der Waals surface area contributed by atoms with Gasteiger partial charge in [-0.2, -0.15) is 0 Å². The van der Waals surface area contributed by atoms with Crippen LogP contribution in [0.2, 0.25) is 0 Å². The monoisotopic (exact) mass is 991 g/mol. The third-order valence-electron chi connectivity index (χ3n) is 13.7. The molecule has 1 saturated carbocycles. The Bertz CT molecular complexity index is 1990. The van der Waals surface area contributed by atoms with Crippen LogP contribution in [0.3, 0.4) is 0 Å². The minimum absolute atomic E-state index is 0. The van der Waals surface area contributed by atoms with E-state index in [1.165, 1.54) is 99.6 Å². The predicted molar refractivity (Wildman–Crippen MR) is 295 cm³/mol. The van der Waals surface area contributed by atoms with Gasteiger partial charge in [-0.15, -0.1) is 0 Å². The summed E-state index contributed by atoms with van der Waals surface area (Å²) < 4.78 is 66.2. The number of hydrogen-bond donors (Lipinski definition) is 0. The molecule has 3 aliphatic carbocycles. The van der Waals surface area contributed by atoms with Gasteiger partial charge in [0.25, 0.3) is 0 Å². The van der Waals surface area contributed by atoms with E-state index in [-0.39, 0.29) is 24.9 Å². The van der Waals surface area contributed by atoms with Crippen LogP contribution in [0.1, 0.15) is 172 Å². The molecule has 3 fully saturated rings. The number of aryl methyl sites for hydroxylation is 6. The molecule has 4 atom stereocenters. The van der Waals surface area contributed by atoms with Crippen LogP contribution in [0.25, 0.3) is 0 Å². The highest BCUT2D eigenvalue weighted by atomic mass is 19.1. The molecule has 0 spiro atoms. The van der Waals surface area contributed by atoms with Crippen molar-refractivity contribution in [3.63, 3.8) is 0 Å². The Kier molecular flexibility index (Phi) is 30.2. The number of halogens is 4. The topological polar surface area (TPSA) is 27.7 Å². The largest absolute Gasteiger partial charge is 0.378 e. The predicted octanol–water partition coefficient (Wildman–Crippen LogP) is 19.0. The van der Waals surface area contributed by atoms with E-state index in [0.29, 0.717) is 35.5 Å². The molecule has 400 valence electrons. The Morgan fingerprint density at radius 1 is 0.394 bits per heavy atom. The zero-order chi connectivity index (χ0) is 53.2. The summed E-state index contributed by atoms with van der Waals surface area (Å²) in [6.45, 7) is 35.2. The van der Waals surface area contributed by atoms with Gasteiger partial charge in [0.1, 0.15) is 17.5 Å². The maximum atomic E-state index is 12.7. The van der Waals surface area contributed by atoms with Crippen LogP contribution in [0, 0.1) is 101 Å². The van der Waals surface area contributed by atoms with Gasteiger partial charge in [-0.3, -0.25) is 0 Å². The molecule has 0 N–H and O–H groups in total. The van der Waals surface area contributed by atoms with Crippen LogP contribution < -0.4 is 0 Å². The summed E-state index contributed by atoms with van der Waals surface area (Å²) in [6, 6.07) is 23.2. The molecule has 4 aromatic carbocycles. The summed E-state index contributed by atoms with van der Waals surface area (Å²) in [7, 11) is 0. The molecule has 71 heavy (non-hydrogen) atoms. The van der Waals surface area contributed by atoms with E-state index in [2.05, 4.69) is 112 Å². The van der Waals surface area contributed by atoms with Gasteiger partial charge in [0.15, 0.2) is 6.29 Å². The summed E-state index contributed by atoms with van der Waals surface area (Å²) in [4.78, 5) is 0. The number of benzene rings is 4. The SMILES string of the molecule is CC1=C(F)CC(C)CC1.CC1CCC(C)CC1.CC1CCC(C)OC1.CC1COC(C)OC1.Cc1cc(F)c(C)c(F)c1.Cc1ccc(C)c(F)c1.Cc1ccc(C)cc1.Cc1ccc2c(c1)CC(C)C2.[HH]. The second kappa shape index (κ2) is 33.9. The third-order valence-corrected chi connectivity index (χ3v) is 13.7. The Hall–Kier alpha value is -3.78. The Morgan fingerprint density at radius 3 is 1.28 bits per heavy atom. The van der Waals surface area contributed by atoms with Crippen molar-refractivity contribution in [2.24, 2.45) is 35.5 Å². The Balaban J connectivity index is 0.000000412. The molecule has 0 radical (unpaired) electrons. The second-order valence-electron chi connectivity index (χ2n) is 22.1. The fourth-order valence-electron chi connectivity index (χ4n) is 8.39. The highest BCUT2D eigenvalue weighted by Gasteiger charge is 2.18. The van der Waals surface area contributed by atoms with Crippen molar-refractivity contribution in [1.29, 1.82) is 0 Å². The average Bonchev–Trinajstić information content (AvgIpc) is 3.70. The van der Waals surface area contributed by atoms with Crippen LogP contribution >= 0.6 is 0 Å². The molecule has 0 aromatic heterocycles. The molecule has 0 bridgehead atoms. The molecular weight excluding hydrogens is 893 g/mol. The Morgan fingerprint density at radius 2 is 0.845 bits per heavy atom. The average molecular weight is 991 g/mol. The minimum Gasteiger partial charge on any atom is -0.378 e. The van der Waals surface area contributed by atoms with Crippen molar-refractivity contribution >= 4 is 0 Å². The molecule has 2 saturated heterocycles. The van der Waals surface area contributed by atoms with E-state index < -0.39 is 11.6 Å². The van der Waals surface area contributed by atoms with Gasteiger partial charge in [0, 0.05) is 25.9 Å². The van der Waals surface area contributed by atoms with Crippen molar-refractivity contribution in [2.45, 2.75) is 194 Å². The summed E-state index contributed by atoms with van der Waals surface area (Å²) in [5, 5.41) is 0. The van der Waals surface area contributed by atoms with Crippen molar-refractivity contribution in [2.75, 3.05) is 19.8 Å². The molecule has 7 heteroatoms. The van der Waals surface area contributed by atoms with Gasteiger partial charge in [0.05, 0.1) is 25.1 Å². The molecule has 3 nitrogen and oxygen atoms in total. The van der Waals surface area contributed by atoms with E-state index in [0.717, 1.165) is 61.0 Å². The van der Waals surface area contributed by atoms with Crippen molar-refractivity contribution < 1.29 is 33.2 Å². The molecular formula is C64H98F4O3. The molecule has 4 unspecified atom stereocenters. The van der Waals surface area contributed by atoms with Gasteiger partial charge in [0.2, 0.25) is 0 Å². The number of hydrogen-bond acceptors (Lipinski definition) is 3. The number of ether oxygens (including phenoxy) is 3. The normalized spacial score (nSPS) is 24.2. The maximum absolute atomic E-state index is 12.7. The van der Waals surface area contributed by atoms with E-state index in [9.17, 15) is 17.6 Å². The van der Waals surface area contributed by atoms with Gasteiger partial charge < -0.3 is 14.2 Å². The molecule has 2 aliphatic heterocycles. The van der Waals surface area contributed by atoms with E-state index in [1.54, 1.807) is 31.0 Å². The van der Waals surface area contributed by atoms with Crippen molar-refractivity contribution in [3.05, 3.63) is 152 Å². The third kappa shape index (κ3) is 27.7. The molecule has 9 rings (SSSR count). The number of allylic oxidation sites excluding steroid dienone is 2. The standard InChI is InChI=1S/C11H14.C8H8F2.C8H13F.C8H9F.C8H16.C8H10.C7H14O.C6H12O2.H2/c1-8-3-4-10-6-9(2)7-11(10)5-8;1-5-3-7(9)6(2)8(10)4-5;2*1-6-3-4-7(2)8(9)5-6;2*1-7-3-5-8(2)6-4-7;1-6-3-4-7(2)8-5-6;1-5-3-7-6(2)8-4-5;/h3-5,9H,6-7H2,1-2H3;3-4H,1-2H3;6H,3-5H2,1-2H3;3-5H,1-2H3;7-8H,3-6H2,1-2H3;3-6H,1-2H3;6-7H,3-5H2,1-2H3;5-6H,3-4H2,1-2H3;1H. The summed E-state index contributed by atoms with van der Waals surface area (Å²) >= 11 is 0. The fraction of sp³-hybridized carbons (Fsp3) is 0.594. The van der Waals surface area contributed by atoms with Crippen LogP contribution in [0.5, 0.6) is 0 Å². The smallest absolute Gasteiger partial charge is 0.154 e. The molecule has 4 aromatic rings. The zero-order valence-corrected chi connectivity index (χ0v) is 47.2. The lowest BCUT2D eigenvalue weighted by Gasteiger charge is -2.24. The van der Waals surface area contributed by atoms with Crippen LogP contribution in [-0.2, 0) is 27.1 Å². The fourth-order valence-corrected chi connectivity index (χ4v) is 8.39. The van der Waals surface area contributed by atoms with E-state index in [4.69, 9.17) is 14.2 Å². The molecule has 0 amide bonds. The quantitative estimate of drug-likeness (QED) is 0.164. The number of fused-ring (bicyclic) bond motifs is 1. The van der Waals surface area contributed by atoms with Crippen molar-refractivity contribution in [1.82, 2.24) is 0 Å². The molecule has 5 aliphatic rings. The van der Waals surface area contributed by atoms with Gasteiger partial charge in [-0.1, -0.05) is 139 Å². The summed E-state index contributed by atoms with van der Waals surface area (Å²) in [6.07, 6.45) is 14.4. The van der Waals surface area contributed by atoms with Crippen LogP contribution in [0.4, 0.5) is 17.6 Å². The lowest BCUT2D eigenvalue weighted by molar-refractivity contribution is -0.187. The first-order valence-corrected chi connectivity index (χ1v) is 26.9. The maximum Gasteiger partial charge on any atom is 0.154 e. The van der Waals surface area contributed by atoms with Gasteiger partial charge in [-0.05, 0) is 189 Å². The van der Waals surface area contributed by atoms with Gasteiger partial charge >= 0.3 is 0 Å². The highest BCUT2D eigenvalue weighted by Crippen LogP contribution is 2.30. The van der Waals surface area contributed by atoms with Crippen molar-refractivity contribution in [3.8, 4) is 0 Å². The van der Waals surface area contributed by atoms with Crippen LogP contribution in [0.15, 0.2) is 84.2 Å². The minimum atomic E-state index is -0.475. The van der Waals surface area contributed by atoms with Gasteiger partial charge in [-0.25, -0.2) is 17.6 Å². The zero-order valence-electron chi connectivity index (χ0n) is 47.2. The number of rotatable bonds is 0. The summed E-state index contributed by atoms with van der Waals surface area (Å²) in [5.41, 5.74) is 10.6. The summed E-state index contributed by atoms with van der Waals surface area (Å²) in [5.74, 6) is 3.91. The highest BCUT2D eigenvalue weighted by molar-refractivity contribution is 5.35. The second-order valence-corrected chi connectivity index (χ2v) is 22.1. The molecule has 2 heterocycles. The first-order chi connectivity index (χ1) is 33.4. The van der Waals surface area contributed by atoms with Crippen LogP contribution in [-0.4, -0.2) is 32.2 Å². The van der Waals surface area contributed by atoms with E-state index in [1.807, 2.05) is 26.8 Å². The first-order valence-electron chi connectivity index (χ1n) is 26.9. The lowest BCUT2D eigenvalue weighted by Crippen LogP contribution is -2.27. The Labute approximate surface area is 432 Å². The van der Waals surface area contributed by atoms with E-state index >= 15 is 0 Å².